The van der Waals surface area contributed by atoms with E-state index in [1.165, 1.54) is 5.56 Å². The van der Waals surface area contributed by atoms with Gasteiger partial charge in [0.2, 0.25) is 0 Å². The predicted octanol–water partition coefficient (Wildman–Crippen LogP) is 2.46. The number of benzene rings is 1. The van der Waals surface area contributed by atoms with Gasteiger partial charge in [0.25, 0.3) is 0 Å². The second-order valence-corrected chi connectivity index (χ2v) is 6.40. The van der Waals surface area contributed by atoms with Gasteiger partial charge < -0.3 is 5.11 Å². The van der Waals surface area contributed by atoms with Gasteiger partial charge in [0.05, 0.1) is 5.01 Å². The summed E-state index contributed by atoms with van der Waals surface area (Å²) < 4.78 is 0. The van der Waals surface area contributed by atoms with Gasteiger partial charge in [-0.25, -0.2) is 4.98 Å². The predicted molar refractivity (Wildman–Crippen MR) is 77.7 cm³/mol. The van der Waals surface area contributed by atoms with Crippen molar-refractivity contribution in [2.45, 2.75) is 32.5 Å². The van der Waals surface area contributed by atoms with Crippen LogP contribution in [0.15, 0.2) is 30.5 Å². The van der Waals surface area contributed by atoms with Gasteiger partial charge in [0.1, 0.15) is 6.04 Å². The number of carboxylic acid groups (broad SMARTS) is 1. The third-order valence-electron chi connectivity index (χ3n) is 3.66. The van der Waals surface area contributed by atoms with E-state index in [1.807, 2.05) is 36.2 Å². The molecule has 1 N–H and O–H groups in total. The number of aromatic nitrogens is 1. The lowest BCUT2D eigenvalue weighted by molar-refractivity contribution is -0.144. The van der Waals surface area contributed by atoms with Crippen LogP contribution in [0.4, 0.5) is 0 Å². The second-order valence-electron chi connectivity index (χ2n) is 5.08. The van der Waals surface area contributed by atoms with Crippen LogP contribution >= 0.6 is 11.3 Å². The molecule has 1 aromatic carbocycles. The monoisotopic (exact) mass is 288 g/mol. The highest BCUT2D eigenvalue weighted by molar-refractivity contribution is 7.11. The van der Waals surface area contributed by atoms with Gasteiger partial charge in [-0.2, -0.15) is 0 Å². The lowest BCUT2D eigenvalue weighted by Gasteiger charge is -2.33. The zero-order valence-corrected chi connectivity index (χ0v) is 12.1. The van der Waals surface area contributed by atoms with Crippen molar-refractivity contribution in [3.63, 3.8) is 0 Å². The standard InChI is InChI=1S/C15H16N2O2S/c1-10-16-7-13(20-10)9-17-8-12-5-3-2-4-11(12)6-14(17)15(18)19/h2-5,7,14H,6,8-9H2,1H3,(H,18,19)/t14-/m0/s1. The van der Waals surface area contributed by atoms with Gasteiger partial charge in [-0.05, 0) is 24.5 Å². The first kappa shape index (κ1) is 13.3. The molecule has 20 heavy (non-hydrogen) atoms. The molecule has 1 aromatic heterocycles. The molecule has 1 aliphatic rings. The van der Waals surface area contributed by atoms with Gasteiger partial charge in [0, 0.05) is 24.2 Å². The number of aliphatic carboxylic acids is 1. The van der Waals surface area contributed by atoms with Crippen molar-refractivity contribution in [2.24, 2.45) is 0 Å². The Hall–Kier alpha value is -1.72. The first-order valence-corrected chi connectivity index (χ1v) is 7.40. The number of carboxylic acids is 1. The summed E-state index contributed by atoms with van der Waals surface area (Å²) in [5.74, 6) is -0.749. The van der Waals surface area contributed by atoms with Crippen LogP contribution in [0.25, 0.3) is 0 Å². The van der Waals surface area contributed by atoms with E-state index in [2.05, 4.69) is 11.1 Å². The van der Waals surface area contributed by atoms with Crippen LogP contribution in [0.5, 0.6) is 0 Å². The number of rotatable bonds is 3. The summed E-state index contributed by atoms with van der Waals surface area (Å²) in [6.07, 6.45) is 2.42. The Morgan fingerprint density at radius 3 is 2.85 bits per heavy atom. The summed E-state index contributed by atoms with van der Waals surface area (Å²) in [6, 6.07) is 7.64. The molecule has 5 heteroatoms. The molecule has 0 fully saturated rings. The Morgan fingerprint density at radius 1 is 1.45 bits per heavy atom. The molecule has 3 rings (SSSR count). The maximum absolute atomic E-state index is 11.5. The van der Waals surface area contributed by atoms with Gasteiger partial charge in [-0.3, -0.25) is 9.69 Å². The molecule has 1 aliphatic heterocycles. The highest BCUT2D eigenvalue weighted by Crippen LogP contribution is 2.26. The fourth-order valence-corrected chi connectivity index (χ4v) is 3.49. The third-order valence-corrected chi connectivity index (χ3v) is 4.56. The topological polar surface area (TPSA) is 53.4 Å². The molecular weight excluding hydrogens is 272 g/mol. The van der Waals surface area contributed by atoms with E-state index in [0.29, 0.717) is 19.5 Å². The maximum Gasteiger partial charge on any atom is 0.321 e. The van der Waals surface area contributed by atoms with E-state index in [0.717, 1.165) is 15.4 Å². The summed E-state index contributed by atoms with van der Waals surface area (Å²) in [4.78, 5) is 18.9. The first-order valence-electron chi connectivity index (χ1n) is 6.58. The molecule has 2 aromatic rings. The summed E-state index contributed by atoms with van der Waals surface area (Å²) in [6.45, 7) is 3.30. The van der Waals surface area contributed by atoms with E-state index < -0.39 is 12.0 Å². The van der Waals surface area contributed by atoms with Crippen molar-refractivity contribution in [3.8, 4) is 0 Å². The van der Waals surface area contributed by atoms with E-state index >= 15 is 0 Å². The highest BCUT2D eigenvalue weighted by atomic mass is 32.1. The lowest BCUT2D eigenvalue weighted by Crippen LogP contribution is -2.44. The quantitative estimate of drug-likeness (QED) is 0.942. The second kappa shape index (κ2) is 5.34. The summed E-state index contributed by atoms with van der Waals surface area (Å²) >= 11 is 1.63. The van der Waals surface area contributed by atoms with Crippen LogP contribution in [0.1, 0.15) is 21.0 Å². The van der Waals surface area contributed by atoms with Crippen LogP contribution in [-0.4, -0.2) is 27.0 Å². The van der Waals surface area contributed by atoms with Crippen LogP contribution in [0.3, 0.4) is 0 Å². The fourth-order valence-electron chi connectivity index (χ4n) is 2.67. The van der Waals surface area contributed by atoms with Gasteiger partial charge in [-0.15, -0.1) is 11.3 Å². The number of hydrogen-bond donors (Lipinski definition) is 1. The van der Waals surface area contributed by atoms with E-state index in [-0.39, 0.29) is 0 Å². The Kier molecular flexibility index (Phi) is 3.54. The maximum atomic E-state index is 11.5. The average Bonchev–Trinajstić information content (AvgIpc) is 2.83. The molecular formula is C15H16N2O2S. The van der Waals surface area contributed by atoms with Gasteiger partial charge in [-0.1, -0.05) is 24.3 Å². The van der Waals surface area contributed by atoms with Crippen molar-refractivity contribution < 1.29 is 9.90 Å². The number of hydrogen-bond acceptors (Lipinski definition) is 4. The minimum atomic E-state index is -0.749. The van der Waals surface area contributed by atoms with Crippen molar-refractivity contribution in [3.05, 3.63) is 51.5 Å². The molecule has 0 radical (unpaired) electrons. The van der Waals surface area contributed by atoms with Crippen molar-refractivity contribution in [1.82, 2.24) is 9.88 Å². The SMILES string of the molecule is Cc1ncc(CN2Cc3ccccc3C[C@H]2C(=O)O)s1. The normalized spacial score (nSPS) is 18.8. The molecule has 104 valence electrons. The number of aryl methyl sites for hydroxylation is 1. The van der Waals surface area contributed by atoms with Gasteiger partial charge >= 0.3 is 5.97 Å². The Labute approximate surface area is 121 Å². The van der Waals surface area contributed by atoms with Crippen LogP contribution < -0.4 is 0 Å². The zero-order chi connectivity index (χ0) is 14.1. The number of carbonyl (C=O) groups is 1. The third kappa shape index (κ3) is 2.59. The highest BCUT2D eigenvalue weighted by Gasteiger charge is 2.31. The number of thiazole rings is 1. The summed E-state index contributed by atoms with van der Waals surface area (Å²) in [7, 11) is 0. The van der Waals surface area contributed by atoms with Gasteiger partial charge in [0.15, 0.2) is 0 Å². The Morgan fingerprint density at radius 2 is 2.20 bits per heavy atom. The fraction of sp³-hybridized carbons (Fsp3) is 0.333. The lowest BCUT2D eigenvalue weighted by atomic mass is 9.94. The number of fused-ring (bicyclic) bond motifs is 1. The van der Waals surface area contributed by atoms with Crippen LogP contribution in [-0.2, 0) is 24.3 Å². The minimum absolute atomic E-state index is 0.452. The molecule has 0 amide bonds. The van der Waals surface area contributed by atoms with Crippen molar-refractivity contribution >= 4 is 17.3 Å². The summed E-state index contributed by atoms with van der Waals surface area (Å²) in [5, 5.41) is 10.5. The molecule has 0 unspecified atom stereocenters. The Balaban J connectivity index is 1.86. The average molecular weight is 288 g/mol. The van der Waals surface area contributed by atoms with Crippen LogP contribution in [0, 0.1) is 6.92 Å². The molecule has 0 aliphatic carbocycles. The van der Waals surface area contributed by atoms with E-state index in [1.54, 1.807) is 11.3 Å². The molecule has 1 atom stereocenters. The smallest absolute Gasteiger partial charge is 0.321 e. The van der Waals surface area contributed by atoms with E-state index in [4.69, 9.17) is 0 Å². The summed E-state index contributed by atoms with van der Waals surface area (Å²) in [5.41, 5.74) is 2.38. The van der Waals surface area contributed by atoms with Crippen molar-refractivity contribution in [1.29, 1.82) is 0 Å². The van der Waals surface area contributed by atoms with Crippen molar-refractivity contribution in [2.75, 3.05) is 0 Å². The van der Waals surface area contributed by atoms with Crippen LogP contribution in [0.2, 0.25) is 0 Å². The van der Waals surface area contributed by atoms with E-state index in [9.17, 15) is 9.90 Å². The molecule has 0 bridgehead atoms. The Bertz CT molecular complexity index is 638. The molecule has 4 nitrogen and oxygen atoms in total. The molecule has 0 saturated carbocycles. The molecule has 0 spiro atoms. The zero-order valence-electron chi connectivity index (χ0n) is 11.2. The minimum Gasteiger partial charge on any atom is -0.480 e. The number of nitrogens with zero attached hydrogens (tertiary/aromatic N) is 2. The largest absolute Gasteiger partial charge is 0.480 e. The molecule has 2 heterocycles. The molecule has 0 saturated heterocycles. The first-order chi connectivity index (χ1) is 9.63.